The molecule has 6 nitrogen and oxygen atoms in total. The molecule has 0 atom stereocenters. The first-order valence-corrected chi connectivity index (χ1v) is 10.7. The topological polar surface area (TPSA) is 72.7 Å². The zero-order valence-corrected chi connectivity index (χ0v) is 18.5. The molecule has 4 rings (SSSR count). The number of anilines is 1. The van der Waals surface area contributed by atoms with E-state index in [0.29, 0.717) is 27.3 Å². The molecule has 0 bridgehead atoms. The third kappa shape index (κ3) is 4.23. The zero-order chi connectivity index (χ0) is 21.3. The maximum atomic E-state index is 12.7. The summed E-state index contributed by atoms with van der Waals surface area (Å²) < 4.78 is 1.64. The molecule has 0 aliphatic heterocycles. The van der Waals surface area contributed by atoms with Crippen LogP contribution < -0.4 is 5.32 Å². The molecule has 2 aromatic carbocycles. The number of carbonyl (C=O) groups is 1. The van der Waals surface area contributed by atoms with Crippen molar-refractivity contribution in [3.63, 3.8) is 0 Å². The monoisotopic (exact) mass is 457 g/mol. The molecule has 0 saturated heterocycles. The van der Waals surface area contributed by atoms with Gasteiger partial charge in [0.2, 0.25) is 0 Å². The molecule has 2 heterocycles. The van der Waals surface area contributed by atoms with Crippen molar-refractivity contribution in [3.05, 3.63) is 86.1 Å². The fourth-order valence-corrected chi connectivity index (χ4v) is 4.30. The van der Waals surface area contributed by atoms with Crippen LogP contribution in [-0.2, 0) is 6.42 Å². The van der Waals surface area contributed by atoms with E-state index >= 15 is 0 Å². The number of amides is 1. The normalized spacial score (nSPS) is 10.9. The second kappa shape index (κ2) is 8.55. The number of aryl methyl sites for hydroxylation is 1. The van der Waals surface area contributed by atoms with Crippen LogP contribution in [0.15, 0.2) is 48.5 Å². The van der Waals surface area contributed by atoms with Crippen LogP contribution in [-0.4, -0.2) is 25.9 Å². The van der Waals surface area contributed by atoms with Crippen LogP contribution in [0.1, 0.15) is 32.3 Å². The minimum Gasteiger partial charge on any atom is -0.296 e. The van der Waals surface area contributed by atoms with E-state index in [9.17, 15) is 4.79 Å². The zero-order valence-electron chi connectivity index (χ0n) is 16.2. The molecule has 1 N–H and O–H groups in total. The Morgan fingerprint density at radius 3 is 2.60 bits per heavy atom. The molecule has 0 spiro atoms. The van der Waals surface area contributed by atoms with Crippen molar-refractivity contribution in [2.45, 2.75) is 20.3 Å². The summed E-state index contributed by atoms with van der Waals surface area (Å²) in [5, 5.41) is 12.6. The lowest BCUT2D eigenvalue weighted by atomic mass is 10.1. The van der Waals surface area contributed by atoms with Gasteiger partial charge in [-0.3, -0.25) is 10.1 Å². The van der Waals surface area contributed by atoms with Gasteiger partial charge in [0, 0.05) is 11.3 Å². The number of benzene rings is 2. The highest BCUT2D eigenvalue weighted by atomic mass is 35.5. The van der Waals surface area contributed by atoms with E-state index in [-0.39, 0.29) is 11.6 Å². The summed E-state index contributed by atoms with van der Waals surface area (Å²) in [5.41, 5.74) is 3.64. The first-order chi connectivity index (χ1) is 14.4. The quantitative estimate of drug-likeness (QED) is 0.429. The summed E-state index contributed by atoms with van der Waals surface area (Å²) in [4.78, 5) is 18.3. The average Bonchev–Trinajstić information content (AvgIpc) is 3.27. The summed E-state index contributed by atoms with van der Waals surface area (Å²) in [7, 11) is 0. The second-order valence-electron chi connectivity index (χ2n) is 6.68. The van der Waals surface area contributed by atoms with Gasteiger partial charge in [-0.1, -0.05) is 52.7 Å². The third-order valence-corrected chi connectivity index (χ3v) is 6.38. The molecule has 152 valence electrons. The van der Waals surface area contributed by atoms with Gasteiger partial charge >= 0.3 is 0 Å². The van der Waals surface area contributed by atoms with E-state index in [4.69, 9.17) is 23.2 Å². The van der Waals surface area contributed by atoms with Crippen molar-refractivity contribution in [1.82, 2.24) is 20.0 Å². The molecular formula is C21H17Cl2N5OS. The number of aromatic nitrogens is 4. The van der Waals surface area contributed by atoms with E-state index in [1.807, 2.05) is 56.3 Å². The van der Waals surface area contributed by atoms with Gasteiger partial charge < -0.3 is 0 Å². The molecule has 2 aromatic heterocycles. The standard InChI is InChI=1S/C21H17Cl2N5OS/c1-12-18(11-14-8-9-16(22)17(23)10-14)30-21(24-12)25-20(29)19-13(2)28(27-26-19)15-6-4-3-5-7-15/h3-10H,11H2,1-2H3,(H,24,25,29). The lowest BCUT2D eigenvalue weighted by Crippen LogP contribution is -2.14. The van der Waals surface area contributed by atoms with Crippen LogP contribution in [0, 0.1) is 13.8 Å². The lowest BCUT2D eigenvalue weighted by Gasteiger charge is -2.03. The first-order valence-electron chi connectivity index (χ1n) is 9.11. The predicted octanol–water partition coefficient (Wildman–Crippen LogP) is 5.49. The Labute approximate surface area is 187 Å². The number of thiazole rings is 1. The molecule has 0 aliphatic rings. The summed E-state index contributed by atoms with van der Waals surface area (Å²) in [6, 6.07) is 15.1. The molecule has 30 heavy (non-hydrogen) atoms. The van der Waals surface area contributed by atoms with Gasteiger partial charge in [-0.15, -0.1) is 16.4 Å². The van der Waals surface area contributed by atoms with Crippen LogP contribution in [0.5, 0.6) is 0 Å². The molecule has 9 heteroatoms. The predicted molar refractivity (Wildman–Crippen MR) is 120 cm³/mol. The van der Waals surface area contributed by atoms with Crippen molar-refractivity contribution < 1.29 is 4.79 Å². The fraction of sp³-hybridized carbons (Fsp3) is 0.143. The van der Waals surface area contributed by atoms with Gasteiger partial charge in [-0.05, 0) is 43.7 Å². The Morgan fingerprint density at radius 2 is 1.87 bits per heavy atom. The minimum absolute atomic E-state index is 0.262. The molecule has 0 aliphatic carbocycles. The number of para-hydroxylation sites is 1. The van der Waals surface area contributed by atoms with Gasteiger partial charge in [0.25, 0.3) is 5.91 Å². The Kier molecular flexibility index (Phi) is 5.85. The number of nitrogens with one attached hydrogen (secondary N) is 1. The van der Waals surface area contributed by atoms with Crippen LogP contribution in [0.3, 0.4) is 0 Å². The molecule has 4 aromatic rings. The van der Waals surface area contributed by atoms with Crippen molar-refractivity contribution >= 4 is 45.6 Å². The van der Waals surface area contributed by atoms with Crippen LogP contribution in [0.4, 0.5) is 5.13 Å². The largest absolute Gasteiger partial charge is 0.296 e. The van der Waals surface area contributed by atoms with Crippen LogP contribution in [0.2, 0.25) is 10.0 Å². The highest BCUT2D eigenvalue weighted by Gasteiger charge is 2.19. The van der Waals surface area contributed by atoms with Gasteiger partial charge in [0.1, 0.15) is 0 Å². The minimum atomic E-state index is -0.343. The van der Waals surface area contributed by atoms with Gasteiger partial charge in [-0.25, -0.2) is 9.67 Å². The van der Waals surface area contributed by atoms with E-state index in [1.165, 1.54) is 11.3 Å². The molecule has 0 saturated carbocycles. The van der Waals surface area contributed by atoms with Crippen molar-refractivity contribution in [2.75, 3.05) is 5.32 Å². The summed E-state index contributed by atoms with van der Waals surface area (Å²) in [5.74, 6) is -0.343. The average molecular weight is 458 g/mol. The van der Waals surface area contributed by atoms with Crippen molar-refractivity contribution in [2.24, 2.45) is 0 Å². The van der Waals surface area contributed by atoms with Crippen LogP contribution in [0.25, 0.3) is 5.69 Å². The Morgan fingerprint density at radius 1 is 1.10 bits per heavy atom. The fourth-order valence-electron chi connectivity index (χ4n) is 2.99. The maximum Gasteiger partial charge on any atom is 0.279 e. The third-order valence-electron chi connectivity index (χ3n) is 4.57. The molecular weight excluding hydrogens is 441 g/mol. The Balaban J connectivity index is 1.51. The number of hydrogen-bond donors (Lipinski definition) is 1. The molecule has 1 amide bonds. The van der Waals surface area contributed by atoms with E-state index in [0.717, 1.165) is 21.8 Å². The maximum absolute atomic E-state index is 12.7. The highest BCUT2D eigenvalue weighted by molar-refractivity contribution is 7.15. The van der Waals surface area contributed by atoms with Crippen LogP contribution >= 0.6 is 34.5 Å². The van der Waals surface area contributed by atoms with Gasteiger partial charge in [-0.2, -0.15) is 0 Å². The van der Waals surface area contributed by atoms with Crippen molar-refractivity contribution in [1.29, 1.82) is 0 Å². The number of carbonyl (C=O) groups excluding carboxylic acids is 1. The number of hydrogen-bond acceptors (Lipinski definition) is 5. The van der Waals surface area contributed by atoms with E-state index in [2.05, 4.69) is 20.6 Å². The first kappa shape index (κ1) is 20.5. The Hall–Kier alpha value is -2.74. The molecule has 0 fully saturated rings. The number of halogens is 2. The number of rotatable bonds is 5. The summed E-state index contributed by atoms with van der Waals surface area (Å²) >= 11 is 13.5. The summed E-state index contributed by atoms with van der Waals surface area (Å²) in [6.07, 6.45) is 0.652. The molecule has 0 radical (unpaired) electrons. The summed E-state index contributed by atoms with van der Waals surface area (Å²) in [6.45, 7) is 3.72. The lowest BCUT2D eigenvalue weighted by molar-refractivity contribution is 0.102. The number of nitrogens with zero attached hydrogens (tertiary/aromatic N) is 4. The SMILES string of the molecule is Cc1nc(NC(=O)c2nnn(-c3ccccc3)c2C)sc1Cc1ccc(Cl)c(Cl)c1. The smallest absolute Gasteiger partial charge is 0.279 e. The van der Waals surface area contributed by atoms with Gasteiger partial charge in [0.15, 0.2) is 10.8 Å². The Bertz CT molecular complexity index is 1220. The van der Waals surface area contributed by atoms with Gasteiger partial charge in [0.05, 0.1) is 27.1 Å². The van der Waals surface area contributed by atoms with E-state index in [1.54, 1.807) is 10.7 Å². The van der Waals surface area contributed by atoms with Crippen molar-refractivity contribution in [3.8, 4) is 5.69 Å². The highest BCUT2D eigenvalue weighted by Crippen LogP contribution is 2.28. The second-order valence-corrected chi connectivity index (χ2v) is 8.58. The molecule has 0 unspecified atom stereocenters. The van der Waals surface area contributed by atoms with E-state index < -0.39 is 0 Å².